The smallest absolute Gasteiger partial charge is 0.315 e. The van der Waals surface area contributed by atoms with Gasteiger partial charge < -0.3 is 14.2 Å². The summed E-state index contributed by atoms with van der Waals surface area (Å²) in [6.07, 6.45) is 0. The summed E-state index contributed by atoms with van der Waals surface area (Å²) in [5.41, 5.74) is 0. The molecule has 0 rings (SSSR count). The minimum atomic E-state index is -0.322. The molecular weight excluding hydrogens is 192 g/mol. The van der Waals surface area contributed by atoms with Gasteiger partial charge in [-0.2, -0.15) is 12.6 Å². The van der Waals surface area contributed by atoms with E-state index >= 15 is 0 Å². The van der Waals surface area contributed by atoms with Crippen molar-refractivity contribution in [3.63, 3.8) is 0 Å². The average molecular weight is 208 g/mol. The predicted molar refractivity (Wildman–Crippen MR) is 52.1 cm³/mol. The van der Waals surface area contributed by atoms with Gasteiger partial charge in [-0.1, -0.05) is 0 Å². The highest BCUT2D eigenvalue weighted by atomic mass is 32.1. The third-order valence-electron chi connectivity index (χ3n) is 1.20. The van der Waals surface area contributed by atoms with E-state index in [0.29, 0.717) is 26.4 Å². The Morgan fingerprint density at radius 2 is 1.77 bits per heavy atom. The second-order valence-electron chi connectivity index (χ2n) is 2.19. The molecule has 0 radical (unpaired) electrons. The van der Waals surface area contributed by atoms with E-state index in [1.807, 2.05) is 6.92 Å². The second kappa shape index (κ2) is 9.83. The Balaban J connectivity index is 2.95. The largest absolute Gasteiger partial charge is 0.463 e. The Hall–Kier alpha value is -0.260. The number of hydrogen-bond donors (Lipinski definition) is 1. The number of esters is 1. The van der Waals surface area contributed by atoms with Crippen molar-refractivity contribution >= 4 is 18.6 Å². The summed E-state index contributed by atoms with van der Waals surface area (Å²) in [6, 6.07) is 0. The zero-order valence-corrected chi connectivity index (χ0v) is 8.72. The molecule has 0 spiro atoms. The molecule has 5 heteroatoms. The van der Waals surface area contributed by atoms with Crippen LogP contribution in [0.3, 0.4) is 0 Å². The van der Waals surface area contributed by atoms with Gasteiger partial charge in [-0.15, -0.1) is 0 Å². The molecule has 0 aliphatic carbocycles. The van der Waals surface area contributed by atoms with Crippen molar-refractivity contribution in [2.24, 2.45) is 0 Å². The van der Waals surface area contributed by atoms with Crippen molar-refractivity contribution in [2.45, 2.75) is 6.92 Å². The first-order valence-electron chi connectivity index (χ1n) is 4.23. The molecule has 13 heavy (non-hydrogen) atoms. The summed E-state index contributed by atoms with van der Waals surface area (Å²) in [7, 11) is 0. The van der Waals surface area contributed by atoms with Crippen LogP contribution in [-0.4, -0.2) is 44.8 Å². The van der Waals surface area contributed by atoms with Crippen LogP contribution in [0.2, 0.25) is 0 Å². The molecule has 0 aliphatic heterocycles. The Morgan fingerprint density at radius 3 is 2.38 bits per heavy atom. The predicted octanol–water partition coefficient (Wildman–Crippen LogP) is 0.512. The van der Waals surface area contributed by atoms with Gasteiger partial charge in [-0.05, 0) is 6.92 Å². The Labute approximate surface area is 84.0 Å². The van der Waals surface area contributed by atoms with Crippen molar-refractivity contribution in [3.8, 4) is 0 Å². The lowest BCUT2D eigenvalue weighted by molar-refractivity contribution is -0.142. The molecule has 0 amide bonds. The molecule has 4 nitrogen and oxygen atoms in total. The third kappa shape index (κ3) is 9.66. The van der Waals surface area contributed by atoms with E-state index in [-0.39, 0.29) is 18.3 Å². The van der Waals surface area contributed by atoms with Crippen molar-refractivity contribution < 1.29 is 19.0 Å². The van der Waals surface area contributed by atoms with Crippen LogP contribution in [0.25, 0.3) is 0 Å². The van der Waals surface area contributed by atoms with Crippen LogP contribution in [0.1, 0.15) is 6.92 Å². The van der Waals surface area contributed by atoms with E-state index in [1.54, 1.807) is 0 Å². The summed E-state index contributed by atoms with van der Waals surface area (Å²) in [5, 5.41) is 0. The van der Waals surface area contributed by atoms with Gasteiger partial charge in [0.1, 0.15) is 6.61 Å². The maximum Gasteiger partial charge on any atom is 0.315 e. The SMILES string of the molecule is CCOCCOCCOC(=O)CS. The summed E-state index contributed by atoms with van der Waals surface area (Å²) in [6.45, 7) is 4.42. The fourth-order valence-electron chi connectivity index (χ4n) is 0.624. The van der Waals surface area contributed by atoms with E-state index in [1.165, 1.54) is 0 Å². The van der Waals surface area contributed by atoms with Gasteiger partial charge in [0, 0.05) is 6.61 Å². The highest BCUT2D eigenvalue weighted by Gasteiger charge is 1.97. The summed E-state index contributed by atoms with van der Waals surface area (Å²) in [5.74, 6) is -0.212. The van der Waals surface area contributed by atoms with Gasteiger partial charge in [-0.3, -0.25) is 4.79 Å². The number of carbonyl (C=O) groups is 1. The van der Waals surface area contributed by atoms with Gasteiger partial charge in [0.2, 0.25) is 0 Å². The maximum atomic E-state index is 10.6. The Kier molecular flexibility index (Phi) is 9.63. The highest BCUT2D eigenvalue weighted by molar-refractivity contribution is 7.81. The molecule has 0 bridgehead atoms. The van der Waals surface area contributed by atoms with Crippen molar-refractivity contribution in [1.29, 1.82) is 0 Å². The van der Waals surface area contributed by atoms with Crippen LogP contribution in [0.4, 0.5) is 0 Å². The molecule has 0 heterocycles. The third-order valence-corrected chi connectivity index (χ3v) is 1.45. The van der Waals surface area contributed by atoms with E-state index < -0.39 is 0 Å². The summed E-state index contributed by atoms with van der Waals surface area (Å²) in [4.78, 5) is 10.6. The monoisotopic (exact) mass is 208 g/mol. The van der Waals surface area contributed by atoms with E-state index in [4.69, 9.17) is 14.2 Å². The van der Waals surface area contributed by atoms with Crippen LogP contribution in [-0.2, 0) is 19.0 Å². The first-order chi connectivity index (χ1) is 6.31. The number of thiol groups is 1. The number of hydrogen-bond acceptors (Lipinski definition) is 5. The molecule has 0 aliphatic rings. The Bertz CT molecular complexity index is 129. The molecule has 0 aromatic heterocycles. The van der Waals surface area contributed by atoms with Crippen LogP contribution in [0.5, 0.6) is 0 Å². The van der Waals surface area contributed by atoms with Gasteiger partial charge in [-0.25, -0.2) is 0 Å². The molecule has 0 fully saturated rings. The zero-order chi connectivity index (χ0) is 9.94. The number of carbonyl (C=O) groups excluding carboxylic acids is 1. The van der Waals surface area contributed by atoms with Crippen molar-refractivity contribution in [1.82, 2.24) is 0 Å². The zero-order valence-electron chi connectivity index (χ0n) is 7.82. The summed E-state index contributed by atoms with van der Waals surface area (Å²) >= 11 is 3.75. The maximum absolute atomic E-state index is 10.6. The molecule has 0 atom stereocenters. The Morgan fingerprint density at radius 1 is 1.15 bits per heavy atom. The lowest BCUT2D eigenvalue weighted by Crippen LogP contribution is -2.13. The first kappa shape index (κ1) is 12.7. The van der Waals surface area contributed by atoms with Crippen LogP contribution >= 0.6 is 12.6 Å². The number of ether oxygens (including phenoxy) is 3. The topological polar surface area (TPSA) is 44.8 Å². The van der Waals surface area contributed by atoms with Gasteiger partial charge in [0.25, 0.3) is 0 Å². The molecule has 0 unspecified atom stereocenters. The standard InChI is InChI=1S/C8H16O4S/c1-2-10-3-4-11-5-6-12-8(9)7-13/h13H,2-7H2,1H3. The molecule has 78 valence electrons. The lowest BCUT2D eigenvalue weighted by Gasteiger charge is -2.04. The van der Waals surface area contributed by atoms with E-state index in [2.05, 4.69) is 12.6 Å². The minimum absolute atomic E-state index is 0.110. The van der Waals surface area contributed by atoms with Gasteiger partial charge in [0.15, 0.2) is 0 Å². The molecule has 0 aromatic carbocycles. The number of rotatable bonds is 8. The van der Waals surface area contributed by atoms with Crippen LogP contribution in [0, 0.1) is 0 Å². The normalized spacial score (nSPS) is 10.0. The van der Waals surface area contributed by atoms with Gasteiger partial charge in [0.05, 0.1) is 25.6 Å². The molecular formula is C8H16O4S. The van der Waals surface area contributed by atoms with E-state index in [9.17, 15) is 4.79 Å². The molecule has 0 N–H and O–H groups in total. The van der Waals surface area contributed by atoms with Crippen molar-refractivity contribution in [2.75, 3.05) is 38.8 Å². The van der Waals surface area contributed by atoms with E-state index in [0.717, 1.165) is 0 Å². The summed E-state index contributed by atoms with van der Waals surface area (Å²) < 4.78 is 14.9. The second-order valence-corrected chi connectivity index (χ2v) is 2.50. The molecule has 0 saturated carbocycles. The highest BCUT2D eigenvalue weighted by Crippen LogP contribution is 1.84. The van der Waals surface area contributed by atoms with Crippen molar-refractivity contribution in [3.05, 3.63) is 0 Å². The quantitative estimate of drug-likeness (QED) is 0.359. The minimum Gasteiger partial charge on any atom is -0.463 e. The van der Waals surface area contributed by atoms with Crippen LogP contribution in [0.15, 0.2) is 0 Å². The van der Waals surface area contributed by atoms with Crippen LogP contribution < -0.4 is 0 Å². The first-order valence-corrected chi connectivity index (χ1v) is 4.86. The molecule has 0 saturated heterocycles. The fourth-order valence-corrected chi connectivity index (χ4v) is 0.716. The van der Waals surface area contributed by atoms with Gasteiger partial charge >= 0.3 is 5.97 Å². The average Bonchev–Trinajstić information content (AvgIpc) is 2.16. The molecule has 0 aromatic rings. The lowest BCUT2D eigenvalue weighted by atomic mass is 10.7. The fraction of sp³-hybridized carbons (Fsp3) is 0.875.